The number of carbonyl (C=O) groups is 2. The molecule has 3 N–H and O–H groups in total. The molecule has 0 aliphatic carbocycles. The molecule has 2 aliphatic rings. The molecule has 1 fully saturated rings. The first-order valence-corrected chi connectivity index (χ1v) is 10.7. The lowest BCUT2D eigenvalue weighted by Crippen LogP contribution is -2.47. The summed E-state index contributed by atoms with van der Waals surface area (Å²) < 4.78 is 11.0. The highest BCUT2D eigenvalue weighted by atomic mass is 35.5. The number of fused-ring (bicyclic) bond motifs is 1. The van der Waals surface area contributed by atoms with Crippen molar-refractivity contribution in [1.82, 2.24) is 10.2 Å². The number of rotatable bonds is 5. The summed E-state index contributed by atoms with van der Waals surface area (Å²) >= 11 is 5.85. The van der Waals surface area contributed by atoms with E-state index in [0.717, 1.165) is 25.9 Å². The van der Waals surface area contributed by atoms with Crippen LogP contribution >= 0.6 is 11.6 Å². The average Bonchev–Trinajstić information content (AvgIpc) is 2.76. The van der Waals surface area contributed by atoms with Crippen LogP contribution < -0.4 is 25.4 Å². The molecule has 2 heterocycles. The quantitative estimate of drug-likeness (QED) is 0.657. The molecule has 0 radical (unpaired) electrons. The Kier molecular flexibility index (Phi) is 6.79. The number of benzene rings is 2. The molecule has 0 saturated carbocycles. The van der Waals surface area contributed by atoms with Gasteiger partial charge in [0.15, 0.2) is 11.5 Å². The molecule has 4 rings (SSSR count). The second-order valence-corrected chi connectivity index (χ2v) is 8.00. The standard InChI is InChI=1S/C22H25ClN4O4/c23-15-1-3-16(4-2-15)25-22(29)26-17-7-9-27(10-8-17)14-21(28)24-18-5-6-19-20(13-18)31-12-11-30-19/h1-6,13,17H,7-12,14H2,(H,24,28)(H2,25,26,29). The molecule has 9 heteroatoms. The third kappa shape index (κ3) is 6.02. The number of likely N-dealkylation sites (tertiary alicyclic amines) is 1. The highest BCUT2D eigenvalue weighted by molar-refractivity contribution is 6.30. The van der Waals surface area contributed by atoms with Gasteiger partial charge in [0.25, 0.3) is 0 Å². The van der Waals surface area contributed by atoms with E-state index in [1.807, 2.05) is 0 Å². The van der Waals surface area contributed by atoms with Crippen molar-refractivity contribution in [3.05, 3.63) is 47.5 Å². The average molecular weight is 445 g/mol. The molecule has 0 aromatic heterocycles. The largest absolute Gasteiger partial charge is 0.486 e. The number of ether oxygens (including phenoxy) is 2. The fraction of sp³-hybridized carbons (Fsp3) is 0.364. The van der Waals surface area contributed by atoms with Crippen LogP contribution in [-0.2, 0) is 4.79 Å². The zero-order valence-electron chi connectivity index (χ0n) is 17.0. The summed E-state index contributed by atoms with van der Waals surface area (Å²) in [5, 5.41) is 9.32. The molecule has 1 saturated heterocycles. The van der Waals surface area contributed by atoms with Gasteiger partial charge in [0.1, 0.15) is 13.2 Å². The van der Waals surface area contributed by atoms with Gasteiger partial charge in [0.2, 0.25) is 5.91 Å². The van der Waals surface area contributed by atoms with Crippen LogP contribution in [0.5, 0.6) is 11.5 Å². The first-order valence-electron chi connectivity index (χ1n) is 10.3. The van der Waals surface area contributed by atoms with Crippen molar-refractivity contribution in [2.24, 2.45) is 0 Å². The number of carbonyl (C=O) groups excluding carboxylic acids is 2. The summed E-state index contributed by atoms with van der Waals surface area (Å²) in [4.78, 5) is 26.7. The van der Waals surface area contributed by atoms with Gasteiger partial charge in [0, 0.05) is 41.6 Å². The van der Waals surface area contributed by atoms with Crippen LogP contribution in [-0.4, -0.2) is 55.7 Å². The van der Waals surface area contributed by atoms with Gasteiger partial charge in [0.05, 0.1) is 6.54 Å². The Morgan fingerprint density at radius 2 is 1.61 bits per heavy atom. The molecule has 0 unspecified atom stereocenters. The maximum absolute atomic E-state index is 12.4. The molecular weight excluding hydrogens is 420 g/mol. The van der Waals surface area contributed by atoms with Gasteiger partial charge >= 0.3 is 6.03 Å². The molecule has 31 heavy (non-hydrogen) atoms. The fourth-order valence-corrected chi connectivity index (χ4v) is 3.77. The van der Waals surface area contributed by atoms with Gasteiger partial charge in [-0.15, -0.1) is 0 Å². The van der Waals surface area contributed by atoms with Crippen molar-refractivity contribution in [3.63, 3.8) is 0 Å². The summed E-state index contributed by atoms with van der Waals surface area (Å²) in [5.74, 6) is 1.26. The first kappa shape index (κ1) is 21.3. The maximum atomic E-state index is 12.4. The van der Waals surface area contributed by atoms with E-state index in [9.17, 15) is 9.59 Å². The van der Waals surface area contributed by atoms with E-state index in [1.165, 1.54) is 0 Å². The van der Waals surface area contributed by atoms with Gasteiger partial charge in [-0.1, -0.05) is 11.6 Å². The smallest absolute Gasteiger partial charge is 0.319 e. The zero-order valence-corrected chi connectivity index (χ0v) is 17.8. The summed E-state index contributed by atoms with van der Waals surface area (Å²) in [6, 6.07) is 12.2. The highest BCUT2D eigenvalue weighted by Gasteiger charge is 2.22. The lowest BCUT2D eigenvalue weighted by Gasteiger charge is -2.31. The minimum Gasteiger partial charge on any atom is -0.486 e. The number of piperidine rings is 1. The topological polar surface area (TPSA) is 91.9 Å². The molecule has 2 aromatic rings. The summed E-state index contributed by atoms with van der Waals surface area (Å²) in [6.07, 6.45) is 1.57. The summed E-state index contributed by atoms with van der Waals surface area (Å²) in [7, 11) is 0. The van der Waals surface area contributed by atoms with Crippen LogP contribution in [0.1, 0.15) is 12.8 Å². The molecule has 8 nitrogen and oxygen atoms in total. The van der Waals surface area contributed by atoms with Crippen molar-refractivity contribution in [2.45, 2.75) is 18.9 Å². The van der Waals surface area contributed by atoms with E-state index in [-0.39, 0.29) is 18.0 Å². The lowest BCUT2D eigenvalue weighted by atomic mass is 10.1. The van der Waals surface area contributed by atoms with Gasteiger partial charge in [-0.3, -0.25) is 9.69 Å². The van der Waals surface area contributed by atoms with Crippen LogP contribution in [0, 0.1) is 0 Å². The number of nitrogens with zero attached hydrogens (tertiary/aromatic N) is 1. The first-order chi connectivity index (χ1) is 15.0. The molecule has 0 spiro atoms. The zero-order chi connectivity index (χ0) is 21.6. The second-order valence-electron chi connectivity index (χ2n) is 7.56. The third-order valence-electron chi connectivity index (χ3n) is 5.22. The number of halogens is 1. The monoisotopic (exact) mass is 444 g/mol. The van der Waals surface area contributed by atoms with E-state index < -0.39 is 0 Å². The van der Waals surface area contributed by atoms with Crippen LogP contribution in [0.25, 0.3) is 0 Å². The molecule has 164 valence electrons. The van der Waals surface area contributed by atoms with Crippen molar-refractivity contribution in [3.8, 4) is 11.5 Å². The van der Waals surface area contributed by atoms with Gasteiger partial charge < -0.3 is 25.4 Å². The van der Waals surface area contributed by atoms with E-state index in [2.05, 4.69) is 20.9 Å². The fourth-order valence-electron chi connectivity index (χ4n) is 3.65. The minimum atomic E-state index is -0.239. The second kappa shape index (κ2) is 9.89. The highest BCUT2D eigenvalue weighted by Crippen LogP contribution is 2.32. The molecule has 3 amide bonds. The lowest BCUT2D eigenvalue weighted by molar-refractivity contribution is -0.117. The Labute approximate surface area is 185 Å². The van der Waals surface area contributed by atoms with E-state index in [0.29, 0.717) is 47.7 Å². The number of nitrogens with one attached hydrogen (secondary N) is 3. The van der Waals surface area contributed by atoms with E-state index in [1.54, 1.807) is 42.5 Å². The normalized spacial score (nSPS) is 16.4. The molecule has 0 bridgehead atoms. The predicted molar refractivity (Wildman–Crippen MR) is 119 cm³/mol. The molecule has 0 atom stereocenters. The molecule has 2 aliphatic heterocycles. The van der Waals surface area contributed by atoms with Crippen molar-refractivity contribution < 1.29 is 19.1 Å². The Morgan fingerprint density at radius 3 is 2.35 bits per heavy atom. The SMILES string of the molecule is O=C(CN1CCC(NC(=O)Nc2ccc(Cl)cc2)CC1)Nc1ccc2c(c1)OCCO2. The summed E-state index contributed by atoms with van der Waals surface area (Å²) in [6.45, 7) is 2.82. The Morgan fingerprint density at radius 1 is 0.935 bits per heavy atom. The van der Waals surface area contributed by atoms with Crippen molar-refractivity contribution >= 4 is 34.9 Å². The molecule has 2 aromatic carbocycles. The van der Waals surface area contributed by atoms with Gasteiger partial charge in [-0.25, -0.2) is 4.79 Å². The van der Waals surface area contributed by atoms with E-state index in [4.69, 9.17) is 21.1 Å². The number of hydrogen-bond donors (Lipinski definition) is 3. The number of urea groups is 1. The Bertz CT molecular complexity index is 930. The van der Waals surface area contributed by atoms with Crippen molar-refractivity contribution in [2.75, 3.05) is 43.5 Å². The van der Waals surface area contributed by atoms with Gasteiger partial charge in [-0.2, -0.15) is 0 Å². The summed E-state index contributed by atoms with van der Waals surface area (Å²) in [5.41, 5.74) is 1.37. The maximum Gasteiger partial charge on any atom is 0.319 e. The van der Waals surface area contributed by atoms with Crippen LogP contribution in [0.2, 0.25) is 5.02 Å². The Balaban J connectivity index is 1.18. The van der Waals surface area contributed by atoms with Gasteiger partial charge in [-0.05, 0) is 49.2 Å². The van der Waals surface area contributed by atoms with Crippen LogP contribution in [0.4, 0.5) is 16.2 Å². The number of hydrogen-bond acceptors (Lipinski definition) is 5. The van der Waals surface area contributed by atoms with Crippen LogP contribution in [0.3, 0.4) is 0 Å². The predicted octanol–water partition coefficient (Wildman–Crippen LogP) is 3.34. The number of amides is 3. The minimum absolute atomic E-state index is 0.0735. The Hall–Kier alpha value is -2.97. The number of anilines is 2. The van der Waals surface area contributed by atoms with E-state index >= 15 is 0 Å². The van der Waals surface area contributed by atoms with Crippen LogP contribution in [0.15, 0.2) is 42.5 Å². The van der Waals surface area contributed by atoms with Crippen molar-refractivity contribution in [1.29, 1.82) is 0 Å². The third-order valence-corrected chi connectivity index (χ3v) is 5.47. The molecular formula is C22H25ClN4O4.